The first-order chi connectivity index (χ1) is 11.3. The molecule has 0 unspecified atom stereocenters. The number of nitrogens with zero attached hydrogens (tertiary/aromatic N) is 2. The molecule has 0 bridgehead atoms. The molecule has 0 radical (unpaired) electrons. The minimum Gasteiger partial charge on any atom is -0.459 e. The van der Waals surface area contributed by atoms with Gasteiger partial charge in [-0.15, -0.1) is 0 Å². The van der Waals surface area contributed by atoms with Crippen LogP contribution < -0.4 is 0 Å². The summed E-state index contributed by atoms with van der Waals surface area (Å²) in [6.45, 7) is 4.03. The van der Waals surface area contributed by atoms with Gasteiger partial charge in [0.05, 0.1) is 6.26 Å². The van der Waals surface area contributed by atoms with Gasteiger partial charge in [0, 0.05) is 31.7 Å². The van der Waals surface area contributed by atoms with Crippen molar-refractivity contribution < 1.29 is 9.21 Å². The lowest BCUT2D eigenvalue weighted by atomic mass is 9.84. The van der Waals surface area contributed by atoms with E-state index in [9.17, 15) is 4.79 Å². The Bertz CT molecular complexity index is 643. The molecule has 2 aliphatic rings. The molecule has 0 aromatic carbocycles. The molecule has 2 fully saturated rings. The Morgan fingerprint density at radius 3 is 2.78 bits per heavy atom. The number of furan rings is 1. The van der Waals surface area contributed by atoms with Crippen molar-refractivity contribution in [3.8, 4) is 0 Å². The zero-order chi connectivity index (χ0) is 15.7. The van der Waals surface area contributed by atoms with Crippen LogP contribution in [0.25, 0.3) is 0 Å². The van der Waals surface area contributed by atoms with Crippen LogP contribution in [0.4, 0.5) is 0 Å². The SMILES string of the molecule is O=C(c1ccco1)N1CCCC12CCN(Cc1ccsc1)CC2. The van der Waals surface area contributed by atoms with Crippen LogP contribution in [0, 0.1) is 0 Å². The minimum atomic E-state index is 0.0506. The van der Waals surface area contributed by atoms with Crippen LogP contribution in [-0.4, -0.2) is 40.9 Å². The summed E-state index contributed by atoms with van der Waals surface area (Å²) in [6, 6.07) is 5.77. The fourth-order valence-electron chi connectivity index (χ4n) is 4.08. The monoisotopic (exact) mass is 330 g/mol. The number of rotatable bonds is 3. The zero-order valence-electron chi connectivity index (χ0n) is 13.2. The van der Waals surface area contributed by atoms with Gasteiger partial charge in [-0.05, 0) is 60.2 Å². The lowest BCUT2D eigenvalue weighted by Crippen LogP contribution is -2.53. The molecule has 0 atom stereocenters. The van der Waals surface area contributed by atoms with Crippen LogP contribution in [-0.2, 0) is 6.54 Å². The molecule has 2 aliphatic heterocycles. The van der Waals surface area contributed by atoms with E-state index in [-0.39, 0.29) is 11.4 Å². The highest BCUT2D eigenvalue weighted by Gasteiger charge is 2.45. The normalized spacial score (nSPS) is 21.1. The first kappa shape index (κ1) is 15.0. The molecular weight excluding hydrogens is 308 g/mol. The third-order valence-corrected chi connectivity index (χ3v) is 6.08. The molecule has 4 nitrogen and oxygen atoms in total. The first-order valence-corrected chi connectivity index (χ1v) is 9.30. The number of thiophene rings is 1. The number of likely N-dealkylation sites (tertiary alicyclic amines) is 2. The average Bonchev–Trinajstić information content (AvgIpc) is 3.30. The molecule has 2 aromatic heterocycles. The van der Waals surface area contributed by atoms with E-state index in [1.54, 1.807) is 29.7 Å². The topological polar surface area (TPSA) is 36.7 Å². The molecule has 5 heteroatoms. The van der Waals surface area contributed by atoms with Gasteiger partial charge in [0.15, 0.2) is 5.76 Å². The summed E-state index contributed by atoms with van der Waals surface area (Å²) in [5.74, 6) is 0.547. The Morgan fingerprint density at radius 1 is 1.22 bits per heavy atom. The lowest BCUT2D eigenvalue weighted by Gasteiger charge is -2.44. The summed E-state index contributed by atoms with van der Waals surface area (Å²) < 4.78 is 5.33. The van der Waals surface area contributed by atoms with Gasteiger partial charge in [-0.3, -0.25) is 9.69 Å². The van der Waals surface area contributed by atoms with Crippen molar-refractivity contribution in [1.29, 1.82) is 0 Å². The van der Waals surface area contributed by atoms with Gasteiger partial charge in [0.1, 0.15) is 0 Å². The quantitative estimate of drug-likeness (QED) is 0.862. The van der Waals surface area contributed by atoms with Crippen molar-refractivity contribution in [2.75, 3.05) is 19.6 Å². The third-order valence-electron chi connectivity index (χ3n) is 5.35. The summed E-state index contributed by atoms with van der Waals surface area (Å²) in [7, 11) is 0. The van der Waals surface area contributed by atoms with E-state index in [1.807, 2.05) is 0 Å². The van der Waals surface area contributed by atoms with Gasteiger partial charge in [-0.1, -0.05) is 0 Å². The molecule has 4 rings (SSSR count). The Morgan fingerprint density at radius 2 is 2.09 bits per heavy atom. The second kappa shape index (κ2) is 6.13. The summed E-state index contributed by atoms with van der Waals surface area (Å²) >= 11 is 1.76. The van der Waals surface area contributed by atoms with E-state index in [2.05, 4.69) is 26.6 Å². The smallest absolute Gasteiger partial charge is 0.290 e. The Labute approximate surface area is 140 Å². The standard InChI is InChI=1S/C18H22N2O2S/c21-17(16-3-1-11-22-16)20-8-2-5-18(20)6-9-19(10-7-18)13-15-4-12-23-14-15/h1,3-4,11-12,14H,2,5-10,13H2. The van der Waals surface area contributed by atoms with E-state index >= 15 is 0 Å². The van der Waals surface area contributed by atoms with Gasteiger partial charge in [0.2, 0.25) is 0 Å². The average molecular weight is 330 g/mol. The van der Waals surface area contributed by atoms with Gasteiger partial charge >= 0.3 is 0 Å². The molecule has 1 amide bonds. The van der Waals surface area contributed by atoms with Crippen molar-refractivity contribution in [3.05, 3.63) is 46.5 Å². The fraction of sp³-hybridized carbons (Fsp3) is 0.500. The second-order valence-corrected chi connectivity index (χ2v) is 7.45. The van der Waals surface area contributed by atoms with Crippen LogP contribution in [0.3, 0.4) is 0 Å². The fourth-order valence-corrected chi connectivity index (χ4v) is 4.74. The zero-order valence-corrected chi connectivity index (χ0v) is 14.1. The van der Waals surface area contributed by atoms with Crippen LogP contribution in [0.1, 0.15) is 41.8 Å². The largest absolute Gasteiger partial charge is 0.459 e. The van der Waals surface area contributed by atoms with Crippen molar-refractivity contribution >= 4 is 17.2 Å². The Hall–Kier alpha value is -1.59. The maximum Gasteiger partial charge on any atom is 0.290 e. The van der Waals surface area contributed by atoms with E-state index in [4.69, 9.17) is 4.42 Å². The maximum atomic E-state index is 12.7. The number of hydrogen-bond acceptors (Lipinski definition) is 4. The molecule has 122 valence electrons. The Kier molecular flexibility index (Phi) is 3.99. The van der Waals surface area contributed by atoms with E-state index in [0.717, 1.165) is 51.9 Å². The maximum absolute atomic E-state index is 12.7. The molecule has 23 heavy (non-hydrogen) atoms. The second-order valence-electron chi connectivity index (χ2n) is 6.67. The van der Waals surface area contributed by atoms with Crippen molar-refractivity contribution in [2.24, 2.45) is 0 Å². The highest BCUT2D eigenvalue weighted by molar-refractivity contribution is 7.07. The van der Waals surface area contributed by atoms with Crippen LogP contribution in [0.5, 0.6) is 0 Å². The van der Waals surface area contributed by atoms with E-state index in [0.29, 0.717) is 5.76 Å². The molecule has 2 saturated heterocycles. The van der Waals surface area contributed by atoms with Gasteiger partial charge in [-0.2, -0.15) is 11.3 Å². The summed E-state index contributed by atoms with van der Waals surface area (Å²) in [5, 5.41) is 4.37. The number of carbonyl (C=O) groups is 1. The predicted molar refractivity (Wildman–Crippen MR) is 90.5 cm³/mol. The highest BCUT2D eigenvalue weighted by Crippen LogP contribution is 2.39. The molecule has 4 heterocycles. The molecular formula is C18H22N2O2S. The molecule has 0 aliphatic carbocycles. The molecule has 0 N–H and O–H groups in total. The van der Waals surface area contributed by atoms with Gasteiger partial charge in [0.25, 0.3) is 5.91 Å². The lowest BCUT2D eigenvalue weighted by molar-refractivity contribution is 0.0332. The number of carbonyl (C=O) groups excluding carboxylic acids is 1. The van der Waals surface area contributed by atoms with Crippen molar-refractivity contribution in [3.63, 3.8) is 0 Å². The molecule has 0 saturated carbocycles. The van der Waals surface area contributed by atoms with Crippen LogP contribution in [0.15, 0.2) is 39.6 Å². The number of piperidine rings is 1. The van der Waals surface area contributed by atoms with E-state index in [1.165, 1.54) is 5.56 Å². The van der Waals surface area contributed by atoms with Crippen LogP contribution >= 0.6 is 11.3 Å². The minimum absolute atomic E-state index is 0.0506. The molecule has 1 spiro atoms. The van der Waals surface area contributed by atoms with Gasteiger partial charge in [-0.25, -0.2) is 0 Å². The van der Waals surface area contributed by atoms with E-state index < -0.39 is 0 Å². The highest BCUT2D eigenvalue weighted by atomic mass is 32.1. The Balaban J connectivity index is 1.43. The summed E-state index contributed by atoms with van der Waals surface area (Å²) in [6.07, 6.45) is 5.97. The third kappa shape index (κ3) is 2.83. The summed E-state index contributed by atoms with van der Waals surface area (Å²) in [5.41, 5.74) is 1.45. The van der Waals surface area contributed by atoms with Crippen LogP contribution in [0.2, 0.25) is 0 Å². The number of hydrogen-bond donors (Lipinski definition) is 0. The predicted octanol–water partition coefficient (Wildman–Crippen LogP) is 3.61. The number of amides is 1. The molecule has 2 aromatic rings. The van der Waals surface area contributed by atoms with Crippen molar-refractivity contribution in [2.45, 2.75) is 37.8 Å². The summed E-state index contributed by atoms with van der Waals surface area (Å²) in [4.78, 5) is 17.3. The van der Waals surface area contributed by atoms with Crippen molar-refractivity contribution in [1.82, 2.24) is 9.80 Å². The first-order valence-electron chi connectivity index (χ1n) is 8.36. The van der Waals surface area contributed by atoms with Gasteiger partial charge < -0.3 is 9.32 Å².